The molecule has 0 unspecified atom stereocenters. The number of aromatic nitrogens is 4. The van der Waals surface area contributed by atoms with E-state index < -0.39 is 0 Å². The third kappa shape index (κ3) is 3.63. The van der Waals surface area contributed by atoms with E-state index in [0.717, 1.165) is 38.2 Å². The zero-order valence-electron chi connectivity index (χ0n) is 12.2. The van der Waals surface area contributed by atoms with Crippen molar-refractivity contribution in [3.8, 4) is 0 Å². The molecule has 0 aliphatic carbocycles. The van der Waals surface area contributed by atoms with Gasteiger partial charge in [-0.3, -0.25) is 14.4 Å². The fraction of sp³-hybridized carbons (Fsp3) is 0.538. The van der Waals surface area contributed by atoms with Crippen molar-refractivity contribution in [2.75, 3.05) is 13.1 Å². The second-order valence-electron chi connectivity index (χ2n) is 5.42. The summed E-state index contributed by atoms with van der Waals surface area (Å²) in [5.74, 6) is -0.0571. The van der Waals surface area contributed by atoms with Gasteiger partial charge in [0.05, 0.1) is 11.8 Å². The molecule has 0 atom stereocenters. The Balaban J connectivity index is 1.47. The fourth-order valence-electron chi connectivity index (χ4n) is 2.55. The SMILES string of the molecule is Cn1cc(C(=O)NC2CCN(Cc3nnsc3Cl)CC2)cn1. The van der Waals surface area contributed by atoms with Crippen LogP contribution in [-0.4, -0.2) is 49.3 Å². The molecule has 3 rings (SSSR count). The molecule has 0 spiro atoms. The first-order valence-electron chi connectivity index (χ1n) is 7.10. The predicted molar refractivity (Wildman–Crippen MR) is 83.9 cm³/mol. The third-order valence-electron chi connectivity index (χ3n) is 3.77. The highest BCUT2D eigenvalue weighted by Crippen LogP contribution is 2.21. The van der Waals surface area contributed by atoms with Crippen LogP contribution in [0.3, 0.4) is 0 Å². The molecule has 1 aliphatic heterocycles. The van der Waals surface area contributed by atoms with Crippen LogP contribution in [0, 0.1) is 0 Å². The number of carbonyl (C=O) groups excluding carboxylic acids is 1. The largest absolute Gasteiger partial charge is 0.349 e. The van der Waals surface area contributed by atoms with E-state index in [1.807, 2.05) is 0 Å². The minimum absolute atomic E-state index is 0.0571. The van der Waals surface area contributed by atoms with Crippen LogP contribution >= 0.6 is 23.1 Å². The summed E-state index contributed by atoms with van der Waals surface area (Å²) in [7, 11) is 1.80. The second kappa shape index (κ2) is 6.72. The van der Waals surface area contributed by atoms with E-state index in [-0.39, 0.29) is 11.9 Å². The van der Waals surface area contributed by atoms with E-state index in [1.54, 1.807) is 24.1 Å². The van der Waals surface area contributed by atoms with Crippen LogP contribution in [0.2, 0.25) is 4.34 Å². The molecular weight excluding hydrogens is 324 g/mol. The van der Waals surface area contributed by atoms with E-state index in [0.29, 0.717) is 9.90 Å². The van der Waals surface area contributed by atoms with Gasteiger partial charge in [-0.15, -0.1) is 5.10 Å². The van der Waals surface area contributed by atoms with Crippen molar-refractivity contribution in [3.63, 3.8) is 0 Å². The first kappa shape index (κ1) is 15.4. The molecule has 0 saturated carbocycles. The standard InChI is InChI=1S/C13H17ClN6OS/c1-19-7-9(6-15-19)13(21)16-10-2-4-20(5-3-10)8-11-12(14)22-18-17-11/h6-7,10H,2-5,8H2,1H3,(H,16,21). The third-order valence-corrected chi connectivity index (χ3v) is 4.76. The Morgan fingerprint density at radius 3 is 2.86 bits per heavy atom. The average molecular weight is 341 g/mol. The lowest BCUT2D eigenvalue weighted by Gasteiger charge is -2.31. The van der Waals surface area contributed by atoms with Crippen molar-refractivity contribution >= 4 is 29.0 Å². The van der Waals surface area contributed by atoms with Gasteiger partial charge in [0.25, 0.3) is 5.91 Å². The first-order valence-corrected chi connectivity index (χ1v) is 8.25. The molecule has 118 valence electrons. The van der Waals surface area contributed by atoms with E-state index in [2.05, 4.69) is 24.9 Å². The van der Waals surface area contributed by atoms with Crippen molar-refractivity contribution in [3.05, 3.63) is 28.0 Å². The van der Waals surface area contributed by atoms with E-state index in [9.17, 15) is 4.79 Å². The highest BCUT2D eigenvalue weighted by atomic mass is 35.5. The Hall–Kier alpha value is -1.51. The summed E-state index contributed by atoms with van der Waals surface area (Å²) in [5, 5.41) is 11.1. The lowest BCUT2D eigenvalue weighted by Crippen LogP contribution is -2.44. The van der Waals surface area contributed by atoms with Gasteiger partial charge in [0.1, 0.15) is 10.0 Å². The van der Waals surface area contributed by atoms with E-state index in [4.69, 9.17) is 11.6 Å². The number of likely N-dealkylation sites (tertiary alicyclic amines) is 1. The van der Waals surface area contributed by atoms with E-state index in [1.165, 1.54) is 11.5 Å². The van der Waals surface area contributed by atoms with Crippen molar-refractivity contribution in [2.24, 2.45) is 7.05 Å². The Labute approximate surface area is 137 Å². The van der Waals surface area contributed by atoms with Crippen LogP contribution in [0.15, 0.2) is 12.4 Å². The quantitative estimate of drug-likeness (QED) is 0.908. The molecule has 22 heavy (non-hydrogen) atoms. The van der Waals surface area contributed by atoms with Gasteiger partial charge in [-0.1, -0.05) is 16.1 Å². The number of hydrogen-bond donors (Lipinski definition) is 1. The predicted octanol–water partition coefficient (Wildman–Crippen LogP) is 1.32. The summed E-state index contributed by atoms with van der Waals surface area (Å²) in [6.45, 7) is 2.54. The molecule has 2 aromatic rings. The molecule has 3 heterocycles. The van der Waals surface area contributed by atoms with Crippen LogP contribution in [0.4, 0.5) is 0 Å². The fourth-order valence-corrected chi connectivity index (χ4v) is 3.16. The Morgan fingerprint density at radius 1 is 1.50 bits per heavy atom. The van der Waals surface area contributed by atoms with Gasteiger partial charge >= 0.3 is 0 Å². The summed E-state index contributed by atoms with van der Waals surface area (Å²) >= 11 is 7.24. The zero-order valence-corrected chi connectivity index (χ0v) is 13.8. The van der Waals surface area contributed by atoms with Crippen LogP contribution < -0.4 is 5.32 Å². The molecule has 7 nitrogen and oxygen atoms in total. The topological polar surface area (TPSA) is 75.9 Å². The Morgan fingerprint density at radius 2 is 2.27 bits per heavy atom. The summed E-state index contributed by atoms with van der Waals surface area (Å²) < 4.78 is 6.13. The molecule has 1 saturated heterocycles. The first-order chi connectivity index (χ1) is 10.6. The number of carbonyl (C=O) groups is 1. The van der Waals surface area contributed by atoms with Crippen molar-refractivity contribution in [1.29, 1.82) is 0 Å². The molecule has 2 aromatic heterocycles. The smallest absolute Gasteiger partial charge is 0.254 e. The summed E-state index contributed by atoms with van der Waals surface area (Å²) in [6.07, 6.45) is 5.14. The van der Waals surface area contributed by atoms with Gasteiger partial charge in [0.2, 0.25) is 0 Å². The monoisotopic (exact) mass is 340 g/mol. The molecule has 9 heteroatoms. The molecule has 0 radical (unpaired) electrons. The van der Waals surface area contributed by atoms with Crippen LogP contribution in [0.1, 0.15) is 28.9 Å². The maximum absolute atomic E-state index is 12.1. The molecule has 0 bridgehead atoms. The van der Waals surface area contributed by atoms with Gasteiger partial charge in [-0.25, -0.2) is 0 Å². The number of halogens is 1. The normalized spacial score (nSPS) is 16.8. The van der Waals surface area contributed by atoms with Gasteiger partial charge in [0.15, 0.2) is 0 Å². The number of hydrogen-bond acceptors (Lipinski definition) is 6. The highest BCUT2D eigenvalue weighted by molar-refractivity contribution is 7.10. The van der Waals surface area contributed by atoms with Gasteiger partial charge in [0, 0.05) is 50.5 Å². The maximum atomic E-state index is 12.1. The number of amides is 1. The van der Waals surface area contributed by atoms with Crippen molar-refractivity contribution in [2.45, 2.75) is 25.4 Å². The number of aryl methyl sites for hydroxylation is 1. The highest BCUT2D eigenvalue weighted by Gasteiger charge is 2.22. The number of rotatable bonds is 4. The van der Waals surface area contributed by atoms with Gasteiger partial charge < -0.3 is 5.32 Å². The summed E-state index contributed by atoms with van der Waals surface area (Å²) in [5.41, 5.74) is 1.44. The molecular formula is C13H17ClN6OS. The van der Waals surface area contributed by atoms with E-state index >= 15 is 0 Å². The summed E-state index contributed by atoms with van der Waals surface area (Å²) in [4.78, 5) is 14.4. The van der Waals surface area contributed by atoms with Crippen LogP contribution in [0.5, 0.6) is 0 Å². The molecule has 1 fully saturated rings. The molecule has 1 amide bonds. The second-order valence-corrected chi connectivity index (χ2v) is 6.78. The lowest BCUT2D eigenvalue weighted by molar-refractivity contribution is 0.0908. The number of nitrogens with zero attached hydrogens (tertiary/aromatic N) is 5. The zero-order chi connectivity index (χ0) is 15.5. The Bertz CT molecular complexity index is 649. The van der Waals surface area contributed by atoms with Gasteiger partial charge in [-0.05, 0) is 12.8 Å². The molecule has 0 aromatic carbocycles. The average Bonchev–Trinajstić information content (AvgIpc) is 3.10. The Kier molecular flexibility index (Phi) is 4.70. The van der Waals surface area contributed by atoms with Crippen LogP contribution in [-0.2, 0) is 13.6 Å². The van der Waals surface area contributed by atoms with Gasteiger partial charge in [-0.2, -0.15) is 5.10 Å². The number of piperidine rings is 1. The lowest BCUT2D eigenvalue weighted by atomic mass is 10.0. The van der Waals surface area contributed by atoms with Crippen molar-refractivity contribution in [1.82, 2.24) is 29.6 Å². The minimum Gasteiger partial charge on any atom is -0.349 e. The molecule has 1 N–H and O–H groups in total. The number of nitrogens with one attached hydrogen (secondary N) is 1. The summed E-state index contributed by atoms with van der Waals surface area (Å²) in [6, 6.07) is 0.202. The van der Waals surface area contributed by atoms with Crippen molar-refractivity contribution < 1.29 is 4.79 Å². The minimum atomic E-state index is -0.0571. The maximum Gasteiger partial charge on any atom is 0.254 e. The molecule has 1 aliphatic rings. The van der Waals surface area contributed by atoms with Crippen LogP contribution in [0.25, 0.3) is 0 Å².